The molecule has 0 aromatic heterocycles. The van der Waals surface area contributed by atoms with E-state index in [4.69, 9.17) is 0 Å². The molecule has 0 saturated carbocycles. The van der Waals surface area contributed by atoms with Crippen LogP contribution in [0.5, 0.6) is 0 Å². The Morgan fingerprint density at radius 2 is 1.10 bits per heavy atom. The Bertz CT molecular complexity index is 758. The summed E-state index contributed by atoms with van der Waals surface area (Å²) in [5.41, 5.74) is 0.00418. The van der Waals surface area contributed by atoms with Crippen molar-refractivity contribution in [3.8, 4) is 5.63 Å². The van der Waals surface area contributed by atoms with Crippen LogP contribution in [0.2, 0.25) is 0 Å². The second-order valence-electron chi connectivity index (χ2n) is 8.29. The highest BCUT2D eigenvalue weighted by atomic mass is 31.1. The molecule has 2 nitrogen and oxygen atoms in total. The summed E-state index contributed by atoms with van der Waals surface area (Å²) in [4.78, 5) is 0. The monoisotopic (exact) mass is 456 g/mol. The normalized spacial score (nSPS) is 13.3. The van der Waals surface area contributed by atoms with Gasteiger partial charge in [0.1, 0.15) is 0 Å². The van der Waals surface area contributed by atoms with Gasteiger partial charge in [0.25, 0.3) is 0 Å². The van der Waals surface area contributed by atoms with Crippen LogP contribution in [0.3, 0.4) is 0 Å². The van der Waals surface area contributed by atoms with Crippen molar-refractivity contribution < 1.29 is 26.3 Å². The molecule has 9 heteroatoms. The van der Waals surface area contributed by atoms with E-state index < -0.39 is 31.2 Å². The van der Waals surface area contributed by atoms with Gasteiger partial charge in [-0.2, -0.15) is 26.3 Å². The summed E-state index contributed by atoms with van der Waals surface area (Å²) in [6.45, 7) is 15.6. The Hall–Kier alpha value is -1.20. The summed E-state index contributed by atoms with van der Waals surface area (Å²) < 4.78 is 84.3. The number of hydrogen-bond acceptors (Lipinski definition) is 2. The molecule has 0 amide bonds. The summed E-state index contributed by atoms with van der Waals surface area (Å²) >= 11 is 0. The molecule has 0 heterocycles. The fourth-order valence-electron chi connectivity index (χ4n) is 3.46. The van der Waals surface area contributed by atoms with Crippen molar-refractivity contribution in [3.63, 3.8) is 0 Å². The van der Waals surface area contributed by atoms with Gasteiger partial charge in [-0.1, -0.05) is 5.63 Å². The largest absolute Gasteiger partial charge is 0.417 e. The van der Waals surface area contributed by atoms with Crippen molar-refractivity contribution in [2.75, 3.05) is 0 Å². The highest BCUT2D eigenvalue weighted by Gasteiger charge is 2.38. The van der Waals surface area contributed by atoms with E-state index in [1.54, 1.807) is 0 Å². The van der Waals surface area contributed by atoms with Crippen LogP contribution in [-0.2, 0) is 12.4 Å². The minimum atomic E-state index is -4.93. The molecule has 0 bridgehead atoms. The van der Waals surface area contributed by atoms with Gasteiger partial charge in [0, 0.05) is 37.4 Å². The maximum absolute atomic E-state index is 13.7. The van der Waals surface area contributed by atoms with Crippen LogP contribution in [-0.4, -0.2) is 33.5 Å². The average molecular weight is 456 g/mol. The van der Waals surface area contributed by atoms with E-state index in [0.29, 0.717) is 6.07 Å². The lowest BCUT2D eigenvalue weighted by atomic mass is 10.0. The molecule has 0 spiro atoms. The average Bonchev–Trinajstić information content (AvgIpc) is 2.51. The molecule has 0 aliphatic rings. The Labute approximate surface area is 176 Å². The zero-order valence-electron chi connectivity index (χ0n) is 18.7. The molecule has 0 aliphatic carbocycles. The molecule has 0 atom stereocenters. The number of nitrogens with zero attached hydrogens (tertiary/aromatic N) is 2. The third-order valence-corrected chi connectivity index (χ3v) is 7.59. The van der Waals surface area contributed by atoms with E-state index in [9.17, 15) is 26.3 Å². The van der Waals surface area contributed by atoms with E-state index in [2.05, 4.69) is 15.0 Å². The number of halogens is 6. The van der Waals surface area contributed by atoms with Crippen LogP contribution in [0.15, 0.2) is 18.2 Å². The summed E-state index contributed by atoms with van der Waals surface area (Å²) in [6, 6.07) is 1.79. The fraction of sp³-hybridized carbons (Fsp3) is 0.667. The SMILES string of the molecule is CC(C)N(C(C)C)P(#Cc1ccc(C(F)(F)F)cc1C(F)(F)F)N(C(C)C)C(C)C. The van der Waals surface area contributed by atoms with Crippen LogP contribution in [0.25, 0.3) is 0 Å². The zero-order chi connectivity index (χ0) is 23.6. The van der Waals surface area contributed by atoms with Gasteiger partial charge in [-0.3, -0.25) is 0 Å². The van der Waals surface area contributed by atoms with Gasteiger partial charge in [0.15, 0.2) is 0 Å². The first-order chi connectivity index (χ1) is 13.5. The van der Waals surface area contributed by atoms with Crippen LogP contribution >= 0.6 is 7.68 Å². The molecule has 1 aromatic rings. The highest BCUT2D eigenvalue weighted by Crippen LogP contribution is 2.42. The lowest BCUT2D eigenvalue weighted by Crippen LogP contribution is -2.39. The first-order valence-corrected chi connectivity index (χ1v) is 11.1. The lowest BCUT2D eigenvalue weighted by molar-refractivity contribution is -0.143. The van der Waals surface area contributed by atoms with Gasteiger partial charge in [-0.15, -0.1) is 0 Å². The van der Waals surface area contributed by atoms with Crippen molar-refractivity contribution in [2.24, 2.45) is 0 Å². The smallest absolute Gasteiger partial charge is 0.241 e. The lowest BCUT2D eigenvalue weighted by Gasteiger charge is -2.40. The molecule has 172 valence electrons. The first-order valence-electron chi connectivity index (χ1n) is 9.90. The van der Waals surface area contributed by atoms with E-state index in [0.717, 1.165) is 6.07 Å². The number of alkyl halides is 6. The fourth-order valence-corrected chi connectivity index (χ4v) is 6.09. The molecule has 0 aliphatic heterocycles. The van der Waals surface area contributed by atoms with E-state index in [1.807, 2.05) is 55.4 Å². The van der Waals surface area contributed by atoms with E-state index in [1.165, 1.54) is 0 Å². The van der Waals surface area contributed by atoms with Crippen molar-refractivity contribution in [3.05, 3.63) is 34.9 Å². The molecule has 1 rings (SSSR count). The molecule has 30 heavy (non-hydrogen) atoms. The molecule has 0 radical (unpaired) electrons. The highest BCUT2D eigenvalue weighted by molar-refractivity contribution is 7.42. The van der Waals surface area contributed by atoms with E-state index >= 15 is 0 Å². The van der Waals surface area contributed by atoms with Gasteiger partial charge >= 0.3 is 12.4 Å². The molecule has 0 unspecified atom stereocenters. The summed E-state index contributed by atoms with van der Waals surface area (Å²) in [5.74, 6) is 0. The summed E-state index contributed by atoms with van der Waals surface area (Å²) in [5, 5.41) is 0. The maximum Gasteiger partial charge on any atom is 0.417 e. The minimum absolute atomic E-state index is 0.00685. The minimum Gasteiger partial charge on any atom is -0.241 e. The number of benzene rings is 1. The summed E-state index contributed by atoms with van der Waals surface area (Å²) in [6.07, 6.45) is -9.78. The molecular weight excluding hydrogens is 425 g/mol. The van der Waals surface area contributed by atoms with Gasteiger partial charge in [-0.05, 0) is 73.6 Å². The second-order valence-corrected chi connectivity index (χ2v) is 10.0. The topological polar surface area (TPSA) is 6.48 Å². The zero-order valence-corrected chi connectivity index (χ0v) is 19.5. The van der Waals surface area contributed by atoms with Crippen molar-refractivity contribution in [1.29, 1.82) is 0 Å². The Kier molecular flexibility index (Phi) is 8.90. The van der Waals surface area contributed by atoms with Gasteiger partial charge in [-0.25, -0.2) is 9.34 Å². The Morgan fingerprint density at radius 3 is 1.40 bits per heavy atom. The molecular formula is C21H31F6N2P. The number of rotatable bonds is 4. The molecule has 1 aromatic carbocycles. The predicted molar refractivity (Wildman–Crippen MR) is 111 cm³/mol. The van der Waals surface area contributed by atoms with Gasteiger partial charge in [0.05, 0.1) is 11.1 Å². The van der Waals surface area contributed by atoms with Crippen LogP contribution in [0.1, 0.15) is 72.1 Å². The Balaban J connectivity index is 3.95. The van der Waals surface area contributed by atoms with Crippen LogP contribution < -0.4 is 0 Å². The molecule has 0 fully saturated rings. The summed E-state index contributed by atoms with van der Waals surface area (Å²) in [7, 11) is -1.49. The standard InChI is InChI=1S/C21H31F6N2P/c1-13(2)28(14(3)4)30(29(15(5)6)16(7)8)12-17-9-10-18(20(22,23)24)11-19(17)21(25,26)27/h9-11,13-16H,1-8H3. The molecule has 0 N–H and O–H groups in total. The maximum atomic E-state index is 13.7. The second kappa shape index (κ2) is 9.95. The number of hydrogen-bond donors (Lipinski definition) is 0. The van der Waals surface area contributed by atoms with Crippen LogP contribution in [0, 0.1) is 5.63 Å². The molecule has 0 saturated heterocycles. The van der Waals surface area contributed by atoms with Crippen LogP contribution in [0.4, 0.5) is 26.3 Å². The van der Waals surface area contributed by atoms with Gasteiger partial charge in [0.2, 0.25) is 0 Å². The van der Waals surface area contributed by atoms with E-state index in [-0.39, 0.29) is 35.8 Å². The third-order valence-electron chi connectivity index (χ3n) is 4.43. The van der Waals surface area contributed by atoms with Gasteiger partial charge < -0.3 is 0 Å². The first kappa shape index (κ1) is 26.8. The third kappa shape index (κ3) is 6.65. The van der Waals surface area contributed by atoms with Crippen molar-refractivity contribution >= 4 is 7.68 Å². The predicted octanol–water partition coefficient (Wildman–Crippen LogP) is 7.58. The van der Waals surface area contributed by atoms with Crippen molar-refractivity contribution in [2.45, 2.75) is 91.9 Å². The quantitative estimate of drug-likeness (QED) is 0.340. The van der Waals surface area contributed by atoms with Crippen molar-refractivity contribution in [1.82, 2.24) is 9.34 Å². The Morgan fingerprint density at radius 1 is 0.700 bits per heavy atom.